The number of allylic oxidation sites excluding steroid dienone is 1. The largest absolute Gasteiger partial charge is 0.497 e. The molecule has 0 aliphatic carbocycles. The summed E-state index contributed by atoms with van der Waals surface area (Å²) in [5.41, 5.74) is -0.121. The van der Waals surface area contributed by atoms with Gasteiger partial charge in [-0.1, -0.05) is 12.1 Å². The van der Waals surface area contributed by atoms with Gasteiger partial charge in [-0.15, -0.1) is 0 Å². The van der Waals surface area contributed by atoms with Crippen molar-refractivity contribution in [2.45, 2.75) is 19.1 Å². The number of hydrogen-bond donors (Lipinski definition) is 3. The van der Waals surface area contributed by atoms with Crippen molar-refractivity contribution < 1.29 is 27.4 Å². The van der Waals surface area contributed by atoms with Crippen LogP contribution in [0.3, 0.4) is 0 Å². The first-order valence-electron chi connectivity index (χ1n) is 9.13. The van der Waals surface area contributed by atoms with E-state index in [0.717, 1.165) is 6.07 Å². The predicted molar refractivity (Wildman–Crippen MR) is 114 cm³/mol. The summed E-state index contributed by atoms with van der Waals surface area (Å²) in [5, 5.41) is 8.50. The van der Waals surface area contributed by atoms with Crippen LogP contribution in [0.1, 0.15) is 24.1 Å². The Hall–Kier alpha value is -3.27. The first-order chi connectivity index (χ1) is 14.7. The lowest BCUT2D eigenvalue weighted by atomic mass is 9.94. The zero-order chi connectivity index (χ0) is 22.8. The van der Waals surface area contributed by atoms with Crippen molar-refractivity contribution >= 4 is 28.9 Å². The van der Waals surface area contributed by atoms with E-state index in [4.69, 9.17) is 21.7 Å². The van der Waals surface area contributed by atoms with Gasteiger partial charge in [-0.05, 0) is 43.4 Å². The van der Waals surface area contributed by atoms with Crippen molar-refractivity contribution in [3.8, 4) is 11.5 Å². The molecule has 0 aromatic heterocycles. The number of thiocarbonyl (C=S) groups is 1. The second kappa shape index (κ2) is 8.84. The van der Waals surface area contributed by atoms with E-state index < -0.39 is 23.7 Å². The Labute approximate surface area is 182 Å². The molecule has 6 nitrogen and oxygen atoms in total. The summed E-state index contributed by atoms with van der Waals surface area (Å²) in [6, 6.07) is 9.07. The lowest BCUT2D eigenvalue weighted by Gasteiger charge is -2.31. The first kappa shape index (κ1) is 22.4. The monoisotopic (exact) mass is 451 g/mol. The molecule has 1 aliphatic rings. The Morgan fingerprint density at radius 3 is 2.48 bits per heavy atom. The van der Waals surface area contributed by atoms with Gasteiger partial charge in [0.2, 0.25) is 0 Å². The van der Waals surface area contributed by atoms with E-state index in [1.807, 2.05) is 0 Å². The molecule has 1 heterocycles. The standard InChI is InChI=1S/C21H20F3N3O3S/c1-11-17(19(28)26-15-7-5-4-6-14(15)21(22,23)24)18(27-20(31)25-11)13-9-8-12(29-2)10-16(13)30-3/h4-10,18H,1-3H3,(H,26,28)(H2,25,27,31). The van der Waals surface area contributed by atoms with Crippen LogP contribution in [-0.4, -0.2) is 25.2 Å². The number of para-hydroxylation sites is 1. The van der Waals surface area contributed by atoms with Crippen molar-refractivity contribution in [2.24, 2.45) is 0 Å². The molecule has 31 heavy (non-hydrogen) atoms. The van der Waals surface area contributed by atoms with Crippen LogP contribution in [-0.2, 0) is 11.0 Å². The van der Waals surface area contributed by atoms with Gasteiger partial charge in [-0.2, -0.15) is 13.2 Å². The fourth-order valence-electron chi connectivity index (χ4n) is 3.31. The molecule has 2 aromatic carbocycles. The van der Waals surface area contributed by atoms with Gasteiger partial charge in [0.05, 0.1) is 37.1 Å². The summed E-state index contributed by atoms with van der Waals surface area (Å²) >= 11 is 5.22. The fourth-order valence-corrected chi connectivity index (χ4v) is 3.58. The number of ether oxygens (including phenoxy) is 2. The number of nitrogens with one attached hydrogen (secondary N) is 3. The fraction of sp³-hybridized carbons (Fsp3) is 0.238. The maximum atomic E-state index is 13.3. The lowest BCUT2D eigenvalue weighted by molar-refractivity contribution is -0.137. The zero-order valence-corrected chi connectivity index (χ0v) is 17.7. The molecule has 0 spiro atoms. The maximum Gasteiger partial charge on any atom is 0.418 e. The van der Waals surface area contributed by atoms with Crippen molar-refractivity contribution in [1.82, 2.24) is 10.6 Å². The molecular formula is C21H20F3N3O3S. The molecule has 0 saturated heterocycles. The molecular weight excluding hydrogens is 431 g/mol. The van der Waals surface area contributed by atoms with E-state index in [0.29, 0.717) is 22.8 Å². The summed E-state index contributed by atoms with van der Waals surface area (Å²) in [5.74, 6) is 0.262. The molecule has 1 aliphatic heterocycles. The number of anilines is 1. The molecule has 3 N–H and O–H groups in total. The van der Waals surface area contributed by atoms with Gasteiger partial charge in [0.1, 0.15) is 11.5 Å². The van der Waals surface area contributed by atoms with Crippen molar-refractivity contribution in [2.75, 3.05) is 19.5 Å². The third kappa shape index (κ3) is 4.74. The molecule has 0 saturated carbocycles. The number of hydrogen-bond acceptors (Lipinski definition) is 4. The minimum atomic E-state index is -4.61. The number of rotatable bonds is 5. The van der Waals surface area contributed by atoms with E-state index in [1.165, 1.54) is 32.4 Å². The zero-order valence-electron chi connectivity index (χ0n) is 16.9. The van der Waals surface area contributed by atoms with E-state index in [-0.39, 0.29) is 16.4 Å². The topological polar surface area (TPSA) is 71.6 Å². The summed E-state index contributed by atoms with van der Waals surface area (Å²) in [4.78, 5) is 13.1. The lowest BCUT2D eigenvalue weighted by Crippen LogP contribution is -2.46. The smallest absolute Gasteiger partial charge is 0.418 e. The van der Waals surface area contributed by atoms with Crippen LogP contribution in [0.2, 0.25) is 0 Å². The third-order valence-corrected chi connectivity index (χ3v) is 4.97. The molecule has 1 amide bonds. The van der Waals surface area contributed by atoms with Gasteiger partial charge in [-0.3, -0.25) is 4.79 Å². The summed E-state index contributed by atoms with van der Waals surface area (Å²) in [7, 11) is 2.97. The molecule has 164 valence electrons. The van der Waals surface area contributed by atoms with Crippen LogP contribution in [0, 0.1) is 0 Å². The van der Waals surface area contributed by atoms with Gasteiger partial charge in [0, 0.05) is 17.3 Å². The Morgan fingerprint density at radius 2 is 1.84 bits per heavy atom. The number of amides is 1. The highest BCUT2D eigenvalue weighted by Gasteiger charge is 2.36. The third-order valence-electron chi connectivity index (χ3n) is 4.75. The SMILES string of the molecule is COc1ccc(C2NC(=S)NC(C)=C2C(=O)Nc2ccccc2C(F)(F)F)c(OC)c1. The van der Waals surface area contributed by atoms with E-state index in [2.05, 4.69) is 16.0 Å². The van der Waals surface area contributed by atoms with Gasteiger partial charge < -0.3 is 25.4 Å². The van der Waals surface area contributed by atoms with Crippen LogP contribution >= 0.6 is 12.2 Å². The number of carbonyl (C=O) groups is 1. The van der Waals surface area contributed by atoms with Crippen molar-refractivity contribution in [1.29, 1.82) is 0 Å². The highest BCUT2D eigenvalue weighted by atomic mass is 32.1. The maximum absolute atomic E-state index is 13.3. The molecule has 1 unspecified atom stereocenters. The van der Waals surface area contributed by atoms with Crippen LogP contribution < -0.4 is 25.4 Å². The number of methoxy groups -OCH3 is 2. The average molecular weight is 451 g/mol. The summed E-state index contributed by atoms with van der Waals surface area (Å²) < 4.78 is 50.7. The highest BCUT2D eigenvalue weighted by Crippen LogP contribution is 2.38. The molecule has 0 radical (unpaired) electrons. The second-order valence-corrected chi connectivity index (χ2v) is 7.08. The minimum absolute atomic E-state index is 0.175. The van der Waals surface area contributed by atoms with Gasteiger partial charge in [0.15, 0.2) is 5.11 Å². The quantitative estimate of drug-likeness (QED) is 0.594. The molecule has 3 rings (SSSR count). The van der Waals surface area contributed by atoms with Gasteiger partial charge >= 0.3 is 6.18 Å². The summed E-state index contributed by atoms with van der Waals surface area (Å²) in [6.45, 7) is 1.63. The number of halogens is 3. The normalized spacial score (nSPS) is 16.3. The van der Waals surface area contributed by atoms with Gasteiger partial charge in [0.25, 0.3) is 5.91 Å². The second-order valence-electron chi connectivity index (χ2n) is 6.68. The minimum Gasteiger partial charge on any atom is -0.497 e. The highest BCUT2D eigenvalue weighted by molar-refractivity contribution is 7.80. The van der Waals surface area contributed by atoms with Crippen LogP contribution in [0.4, 0.5) is 18.9 Å². The van der Waals surface area contributed by atoms with E-state index in [9.17, 15) is 18.0 Å². The van der Waals surface area contributed by atoms with Crippen LogP contribution in [0.25, 0.3) is 0 Å². The van der Waals surface area contributed by atoms with E-state index >= 15 is 0 Å². The Morgan fingerprint density at radius 1 is 1.13 bits per heavy atom. The van der Waals surface area contributed by atoms with Crippen molar-refractivity contribution in [3.05, 3.63) is 64.9 Å². The molecule has 10 heteroatoms. The molecule has 1 atom stereocenters. The number of carbonyl (C=O) groups excluding carboxylic acids is 1. The average Bonchev–Trinajstić information content (AvgIpc) is 2.72. The Bertz CT molecular complexity index is 1050. The van der Waals surface area contributed by atoms with Crippen LogP contribution in [0.5, 0.6) is 11.5 Å². The Balaban J connectivity index is 2.03. The first-order valence-corrected chi connectivity index (χ1v) is 9.54. The number of alkyl halides is 3. The van der Waals surface area contributed by atoms with Crippen LogP contribution in [0.15, 0.2) is 53.7 Å². The molecule has 2 aromatic rings. The van der Waals surface area contributed by atoms with Crippen molar-refractivity contribution in [3.63, 3.8) is 0 Å². The summed E-state index contributed by atoms with van der Waals surface area (Å²) in [6.07, 6.45) is -4.61. The van der Waals surface area contributed by atoms with E-state index in [1.54, 1.807) is 25.1 Å². The predicted octanol–water partition coefficient (Wildman–Crippen LogP) is 4.15. The molecule has 0 bridgehead atoms. The molecule has 0 fully saturated rings. The van der Waals surface area contributed by atoms with Gasteiger partial charge in [-0.25, -0.2) is 0 Å². The Kier molecular flexibility index (Phi) is 6.40. The number of benzene rings is 2.